The second kappa shape index (κ2) is 44.4. The van der Waals surface area contributed by atoms with E-state index in [-0.39, 0.29) is 10.8 Å². The van der Waals surface area contributed by atoms with Crippen molar-refractivity contribution >= 4 is 8.60 Å². The van der Waals surface area contributed by atoms with Crippen LogP contribution in [0.15, 0.2) is 36.4 Å². The molecule has 4 heteroatoms. The molecule has 0 saturated carbocycles. The van der Waals surface area contributed by atoms with E-state index in [9.17, 15) is 4.89 Å². The first-order chi connectivity index (χ1) is 36.8. The Labute approximate surface area is 476 Å². The largest absolute Gasteiger partial charge is 0.329 e. The summed E-state index contributed by atoms with van der Waals surface area (Å²) < 4.78 is 11.5. The summed E-state index contributed by atoms with van der Waals surface area (Å²) in [6, 6.07) is 14.2. The van der Waals surface area contributed by atoms with Gasteiger partial charge in [0, 0.05) is 0 Å². The maximum atomic E-state index is 10.4. The van der Waals surface area contributed by atoms with E-state index in [1.807, 2.05) is 0 Å². The average molecular weight is 1070 g/mol. The summed E-state index contributed by atoms with van der Waals surface area (Å²) in [5, 5.41) is 0. The summed E-state index contributed by atoms with van der Waals surface area (Å²) in [6.07, 6.45) is 63.8. The first-order valence-electron chi connectivity index (χ1n) is 33.8. The molecule has 2 aromatic rings. The molecule has 3 nitrogen and oxygen atoms in total. The molecule has 1 N–H and O–H groups in total. The van der Waals surface area contributed by atoms with Crippen LogP contribution in [0.5, 0.6) is 0 Å². The van der Waals surface area contributed by atoms with Crippen LogP contribution >= 0.6 is 8.60 Å². The van der Waals surface area contributed by atoms with Crippen LogP contribution in [0.25, 0.3) is 0 Å². The fourth-order valence-electron chi connectivity index (χ4n) is 12.9. The molecule has 1 heterocycles. The zero-order chi connectivity index (χ0) is 54.8. The van der Waals surface area contributed by atoms with Crippen molar-refractivity contribution in [3.05, 3.63) is 69.8 Å². The molecule has 1 fully saturated rings. The van der Waals surface area contributed by atoms with Gasteiger partial charge in [-0.3, -0.25) is 0 Å². The third kappa shape index (κ3) is 36.2. The maximum Gasteiger partial charge on any atom is 0.329 e. The van der Waals surface area contributed by atoms with Crippen LogP contribution < -0.4 is 0 Å². The topological polar surface area (TPSA) is 38.7 Å². The highest BCUT2D eigenvalue weighted by molar-refractivity contribution is 7.40. The van der Waals surface area contributed by atoms with Crippen molar-refractivity contribution in [2.24, 2.45) is 11.8 Å². The molecule has 0 bridgehead atoms. The molecule has 440 valence electrons. The second-order valence-electron chi connectivity index (χ2n) is 27.1. The van der Waals surface area contributed by atoms with Gasteiger partial charge in [-0.05, 0) is 110 Å². The Morgan fingerprint density at radius 1 is 0.368 bits per heavy atom. The molecule has 0 aliphatic carbocycles. The first-order valence-corrected chi connectivity index (χ1v) is 34.9. The van der Waals surface area contributed by atoms with Gasteiger partial charge in [0.25, 0.3) is 0 Å². The van der Waals surface area contributed by atoms with Crippen molar-refractivity contribution in [2.45, 2.75) is 362 Å². The Kier molecular flexibility index (Phi) is 40.3. The highest BCUT2D eigenvalue weighted by Crippen LogP contribution is 2.36. The van der Waals surface area contributed by atoms with Gasteiger partial charge < -0.3 is 13.9 Å². The predicted molar refractivity (Wildman–Crippen MR) is 338 cm³/mol. The van der Waals surface area contributed by atoms with Gasteiger partial charge in [-0.1, -0.05) is 333 Å². The smallest absolute Gasteiger partial charge is 0.328 e. The molecule has 0 radical (unpaired) electrons. The molecule has 76 heavy (non-hydrogen) atoms. The average Bonchev–Trinajstić information content (AvgIpc) is 3.38. The van der Waals surface area contributed by atoms with Gasteiger partial charge >= 0.3 is 8.60 Å². The van der Waals surface area contributed by atoms with E-state index >= 15 is 0 Å². The highest BCUT2D eigenvalue weighted by Gasteiger charge is 2.19. The predicted octanol–water partition coefficient (Wildman–Crippen LogP) is 24.3. The van der Waals surface area contributed by atoms with Crippen molar-refractivity contribution in [3.8, 4) is 0 Å². The van der Waals surface area contributed by atoms with Gasteiger partial charge in [0.1, 0.15) is 0 Å². The Balaban J connectivity index is 1.09. The lowest BCUT2D eigenvalue weighted by molar-refractivity contribution is 0.187. The maximum absolute atomic E-state index is 10.4. The lowest BCUT2D eigenvalue weighted by Crippen LogP contribution is -2.14. The van der Waals surface area contributed by atoms with E-state index in [0.29, 0.717) is 13.2 Å². The fourth-order valence-corrected chi connectivity index (χ4v) is 13.6. The number of aryl methyl sites for hydroxylation is 4. The second-order valence-corrected chi connectivity index (χ2v) is 28.1. The SMILES string of the molecule is Cc1ccc(C(C)(C)C)c(CCCCCCCCCCCCCCCCCCCC2CCCCC(CCCCCCCCCCCCCCCCCCCc3cc(C)ccc3C(C)(C)C)CCCOP(O)OCCC2)c1. The van der Waals surface area contributed by atoms with E-state index in [2.05, 4.69) is 91.8 Å². The van der Waals surface area contributed by atoms with Gasteiger partial charge in [0.2, 0.25) is 0 Å². The number of rotatable bonds is 40. The third-order valence-electron chi connectivity index (χ3n) is 17.6. The minimum absolute atomic E-state index is 0.241. The van der Waals surface area contributed by atoms with Gasteiger partial charge in [-0.15, -0.1) is 0 Å². The van der Waals surface area contributed by atoms with E-state index < -0.39 is 8.60 Å². The number of hydrogen-bond acceptors (Lipinski definition) is 3. The number of unbranched alkanes of at least 4 members (excludes halogenated alkanes) is 32. The monoisotopic (exact) mass is 1070 g/mol. The number of benzene rings is 2. The van der Waals surface area contributed by atoms with Gasteiger partial charge in [0.15, 0.2) is 0 Å². The van der Waals surface area contributed by atoms with Crippen LogP contribution in [-0.2, 0) is 32.7 Å². The van der Waals surface area contributed by atoms with E-state index in [1.165, 1.54) is 294 Å². The fraction of sp³-hybridized carbons (Fsp3) is 0.833. The zero-order valence-corrected chi connectivity index (χ0v) is 53.2. The summed E-state index contributed by atoms with van der Waals surface area (Å²) in [5.41, 5.74) is 9.54. The molecule has 2 unspecified atom stereocenters. The summed E-state index contributed by atoms with van der Waals surface area (Å²) in [5.74, 6) is 1.64. The lowest BCUT2D eigenvalue weighted by Gasteiger charge is -2.23. The summed E-state index contributed by atoms with van der Waals surface area (Å²) in [4.78, 5) is 10.4. The molecule has 0 aromatic heterocycles. The Morgan fingerprint density at radius 3 is 0.895 bits per heavy atom. The molecule has 0 amide bonds. The van der Waals surface area contributed by atoms with Gasteiger partial charge in [-0.2, -0.15) is 0 Å². The Hall–Kier alpha value is -1.25. The van der Waals surface area contributed by atoms with Crippen LogP contribution in [0.2, 0.25) is 0 Å². The molecule has 2 atom stereocenters. The van der Waals surface area contributed by atoms with Crippen molar-refractivity contribution in [1.29, 1.82) is 0 Å². The number of hydrogen-bond donors (Lipinski definition) is 1. The standard InChI is InChI=1S/C72H129O3P/c1-63-55-57-69(71(3,4)5)67(61-63)53-41-37-33-29-25-21-17-13-9-11-15-19-23-27-31-35-39-47-65-49-43-44-50-66(52-46-60-75-76(73)74-59-45-51-65)48-40-36-32-28-24-20-16-12-10-14-18-22-26-30-34-38-42-54-68-62-64(2)56-58-70(68)72(6,7)8/h55-58,61-62,65-66,73H,9-54,59-60H2,1-8H3. The van der Waals surface area contributed by atoms with E-state index in [4.69, 9.17) is 9.05 Å². The minimum Gasteiger partial charge on any atom is -0.328 e. The first kappa shape index (κ1) is 69.0. The lowest BCUT2D eigenvalue weighted by atomic mass is 9.82. The van der Waals surface area contributed by atoms with Crippen molar-refractivity contribution in [1.82, 2.24) is 0 Å². The van der Waals surface area contributed by atoms with Crippen molar-refractivity contribution in [3.63, 3.8) is 0 Å². The Bertz CT molecular complexity index is 1520. The molecule has 1 aliphatic heterocycles. The molecule has 1 aliphatic rings. The molecule has 0 spiro atoms. The molecular formula is C72H129O3P. The van der Waals surface area contributed by atoms with Crippen LogP contribution in [0.3, 0.4) is 0 Å². The quantitative estimate of drug-likeness (QED) is 0.0534. The summed E-state index contributed by atoms with van der Waals surface area (Å²) in [7, 11) is -1.72. The Morgan fingerprint density at radius 2 is 0.618 bits per heavy atom. The molecule has 3 rings (SSSR count). The molecule has 2 aromatic carbocycles. The van der Waals surface area contributed by atoms with Gasteiger partial charge in [0.05, 0.1) is 13.2 Å². The summed E-state index contributed by atoms with van der Waals surface area (Å²) in [6.45, 7) is 19.9. The normalized spacial score (nSPS) is 17.7. The van der Waals surface area contributed by atoms with Crippen molar-refractivity contribution < 1.29 is 13.9 Å². The van der Waals surface area contributed by atoms with Crippen LogP contribution in [0.1, 0.15) is 357 Å². The van der Waals surface area contributed by atoms with Crippen LogP contribution in [0.4, 0.5) is 0 Å². The highest BCUT2D eigenvalue weighted by atomic mass is 31.2. The minimum atomic E-state index is -1.72. The van der Waals surface area contributed by atoms with Crippen LogP contribution in [0, 0.1) is 25.7 Å². The van der Waals surface area contributed by atoms with Crippen molar-refractivity contribution in [2.75, 3.05) is 13.2 Å². The zero-order valence-electron chi connectivity index (χ0n) is 52.3. The third-order valence-corrected chi connectivity index (χ3v) is 18.5. The van der Waals surface area contributed by atoms with E-state index in [1.54, 1.807) is 22.3 Å². The van der Waals surface area contributed by atoms with Crippen LogP contribution in [-0.4, -0.2) is 18.1 Å². The molecule has 1 saturated heterocycles. The van der Waals surface area contributed by atoms with E-state index in [0.717, 1.165) is 24.7 Å². The summed E-state index contributed by atoms with van der Waals surface area (Å²) >= 11 is 0. The molecular weight excluding hydrogens is 944 g/mol. The van der Waals surface area contributed by atoms with Gasteiger partial charge in [-0.25, -0.2) is 0 Å².